The second-order valence-corrected chi connectivity index (χ2v) is 8.54. The highest BCUT2D eigenvalue weighted by atomic mass is 32.2. The summed E-state index contributed by atoms with van der Waals surface area (Å²) in [6.07, 6.45) is 1.74. The lowest BCUT2D eigenvalue weighted by Gasteiger charge is -2.30. The minimum absolute atomic E-state index is 0.0901. The number of nitrogens with zero attached hydrogens (tertiary/aromatic N) is 2. The molecule has 2 saturated heterocycles. The van der Waals surface area contributed by atoms with Crippen molar-refractivity contribution in [1.82, 2.24) is 15.3 Å². The maximum Gasteiger partial charge on any atom is 0.266 e. The van der Waals surface area contributed by atoms with Crippen molar-refractivity contribution in [2.45, 2.75) is 0 Å². The third-order valence-corrected chi connectivity index (χ3v) is 6.16. The fourth-order valence-electron chi connectivity index (χ4n) is 3.09. The molecule has 1 aromatic carbocycles. The van der Waals surface area contributed by atoms with Crippen molar-refractivity contribution in [3.05, 3.63) is 28.7 Å². The van der Waals surface area contributed by atoms with Crippen LogP contribution in [0.4, 0.5) is 0 Å². The van der Waals surface area contributed by atoms with Gasteiger partial charge in [0.2, 0.25) is 0 Å². The fraction of sp³-hybridized carbons (Fsp3) is 0.421. The summed E-state index contributed by atoms with van der Waals surface area (Å²) in [5.74, 6) is 0.672. The van der Waals surface area contributed by atoms with E-state index in [1.54, 1.807) is 32.4 Å². The first kappa shape index (κ1) is 21.6. The number of carbonyl (C=O) groups is 2. The minimum Gasteiger partial charge on any atom is -0.493 e. The summed E-state index contributed by atoms with van der Waals surface area (Å²) in [6, 6.07) is 5.39. The van der Waals surface area contributed by atoms with E-state index in [9.17, 15) is 9.59 Å². The number of benzene rings is 1. The number of rotatable bonds is 6. The van der Waals surface area contributed by atoms with Gasteiger partial charge < -0.3 is 14.4 Å². The Balaban J connectivity index is 1.64. The monoisotopic (exact) mass is 437 g/mol. The lowest BCUT2D eigenvalue weighted by molar-refractivity contribution is -0.884. The second-order valence-electron chi connectivity index (χ2n) is 6.86. The number of hydrazine groups is 1. The minimum atomic E-state index is -0.271. The molecule has 29 heavy (non-hydrogen) atoms. The van der Waals surface area contributed by atoms with Crippen molar-refractivity contribution < 1.29 is 24.0 Å². The van der Waals surface area contributed by atoms with E-state index >= 15 is 0 Å². The smallest absolute Gasteiger partial charge is 0.266 e. The number of carbonyl (C=O) groups excluding carboxylic acids is 2. The summed E-state index contributed by atoms with van der Waals surface area (Å²) in [5, 5.41) is 1.90. The van der Waals surface area contributed by atoms with Crippen LogP contribution in [0.3, 0.4) is 0 Å². The van der Waals surface area contributed by atoms with Crippen molar-refractivity contribution in [3.8, 4) is 11.5 Å². The highest BCUT2D eigenvalue weighted by Crippen LogP contribution is 2.34. The number of quaternary nitrogens is 1. The molecule has 0 aliphatic carbocycles. The van der Waals surface area contributed by atoms with E-state index in [1.165, 1.54) is 21.6 Å². The van der Waals surface area contributed by atoms with Crippen LogP contribution in [-0.2, 0) is 9.59 Å². The van der Waals surface area contributed by atoms with Gasteiger partial charge >= 0.3 is 0 Å². The average Bonchev–Trinajstić information content (AvgIpc) is 2.97. The van der Waals surface area contributed by atoms with Gasteiger partial charge in [0, 0.05) is 0 Å². The van der Waals surface area contributed by atoms with Crippen LogP contribution in [0.5, 0.6) is 11.5 Å². The molecule has 2 N–H and O–H groups in total. The van der Waals surface area contributed by atoms with E-state index in [1.807, 2.05) is 11.1 Å². The molecule has 3 rings (SSSR count). The van der Waals surface area contributed by atoms with Crippen LogP contribution in [0, 0.1) is 0 Å². The largest absolute Gasteiger partial charge is 0.493 e. The first-order valence-corrected chi connectivity index (χ1v) is 10.5. The molecule has 10 heteroatoms. The molecular formula is C19H25N4O4S2+. The molecule has 2 aliphatic rings. The van der Waals surface area contributed by atoms with Gasteiger partial charge in [0.15, 0.2) is 11.5 Å². The van der Waals surface area contributed by atoms with Gasteiger partial charge in [0.05, 0.1) is 52.4 Å². The lowest BCUT2D eigenvalue weighted by Crippen LogP contribution is -3.12. The number of nitrogens with one attached hydrogen (secondary N) is 2. The van der Waals surface area contributed by atoms with Gasteiger partial charge in [-0.15, -0.1) is 0 Å². The average molecular weight is 438 g/mol. The summed E-state index contributed by atoms with van der Waals surface area (Å²) in [4.78, 5) is 28.4. The third-order valence-electron chi connectivity index (χ3n) is 4.78. The topological polar surface area (TPSA) is 75.5 Å². The van der Waals surface area contributed by atoms with Crippen LogP contribution < -0.4 is 19.8 Å². The summed E-state index contributed by atoms with van der Waals surface area (Å²) in [5.41, 5.74) is 3.65. The summed E-state index contributed by atoms with van der Waals surface area (Å²) < 4.78 is 10.9. The van der Waals surface area contributed by atoms with Gasteiger partial charge in [0.25, 0.3) is 11.8 Å². The van der Waals surface area contributed by atoms with Crippen LogP contribution in [-0.4, -0.2) is 80.0 Å². The first-order valence-electron chi connectivity index (χ1n) is 9.24. The van der Waals surface area contributed by atoms with E-state index in [-0.39, 0.29) is 18.4 Å². The molecule has 1 aromatic rings. The number of amides is 2. The van der Waals surface area contributed by atoms with Crippen molar-refractivity contribution >= 4 is 46.2 Å². The van der Waals surface area contributed by atoms with Gasteiger partial charge in [-0.25, -0.2) is 5.01 Å². The van der Waals surface area contributed by atoms with Crippen LogP contribution in [0.15, 0.2) is 23.1 Å². The molecule has 8 nitrogen and oxygen atoms in total. The number of methoxy groups -OCH3 is 2. The van der Waals surface area contributed by atoms with Crippen LogP contribution in [0.25, 0.3) is 6.08 Å². The molecule has 2 fully saturated rings. The van der Waals surface area contributed by atoms with Gasteiger partial charge in [-0.3, -0.25) is 19.9 Å². The highest BCUT2D eigenvalue weighted by molar-refractivity contribution is 8.26. The Morgan fingerprint density at radius 2 is 1.97 bits per heavy atom. The van der Waals surface area contributed by atoms with Crippen molar-refractivity contribution in [3.63, 3.8) is 0 Å². The second kappa shape index (κ2) is 9.57. The Labute approximate surface area is 179 Å². The van der Waals surface area contributed by atoms with Gasteiger partial charge in [-0.05, 0) is 23.8 Å². The molecule has 2 aliphatic heterocycles. The van der Waals surface area contributed by atoms with E-state index in [0.717, 1.165) is 31.7 Å². The number of piperazine rings is 1. The highest BCUT2D eigenvalue weighted by Gasteiger charge is 2.34. The summed E-state index contributed by atoms with van der Waals surface area (Å²) >= 11 is 6.51. The molecule has 2 amide bonds. The van der Waals surface area contributed by atoms with Gasteiger partial charge in [0.1, 0.15) is 10.9 Å². The molecule has 0 spiro atoms. The van der Waals surface area contributed by atoms with Crippen molar-refractivity contribution in [2.24, 2.45) is 0 Å². The van der Waals surface area contributed by atoms with Crippen LogP contribution in [0.1, 0.15) is 5.56 Å². The van der Waals surface area contributed by atoms with E-state index in [4.69, 9.17) is 21.7 Å². The maximum atomic E-state index is 12.8. The molecule has 0 unspecified atom stereocenters. The predicted octanol–water partition coefficient (Wildman–Crippen LogP) is -0.233. The Bertz CT molecular complexity index is 837. The Morgan fingerprint density at radius 1 is 1.28 bits per heavy atom. The standard InChI is InChI=1S/C19H24N4O4S2/c1-21-6-8-22(9-7-21)20-17(24)12-23-18(25)16(29-19(23)28)11-13-4-5-14(26-2)15(10-13)27-3/h4-5,10-11H,6-9,12H2,1-3H3,(H,20,24)/p+1/b16-11+. The van der Waals surface area contributed by atoms with Gasteiger partial charge in [-0.2, -0.15) is 0 Å². The summed E-state index contributed by atoms with van der Waals surface area (Å²) in [6.45, 7) is 3.42. The maximum absolute atomic E-state index is 12.8. The first-order chi connectivity index (χ1) is 13.9. The lowest BCUT2D eigenvalue weighted by atomic mass is 10.2. The Hall–Kier alpha value is -2.14. The molecule has 0 bridgehead atoms. The molecule has 0 saturated carbocycles. The van der Waals surface area contributed by atoms with E-state index in [2.05, 4.69) is 12.5 Å². The Morgan fingerprint density at radius 3 is 2.62 bits per heavy atom. The number of likely N-dealkylation sites (N-methyl/N-ethyl adjacent to an activating group) is 1. The van der Waals surface area contributed by atoms with Gasteiger partial charge in [-0.1, -0.05) is 30.0 Å². The molecule has 0 atom stereocenters. The quantitative estimate of drug-likeness (QED) is 0.470. The van der Waals surface area contributed by atoms with Crippen molar-refractivity contribution in [1.29, 1.82) is 0 Å². The summed E-state index contributed by atoms with van der Waals surface area (Å²) in [7, 11) is 5.25. The number of thiocarbonyl (C=S) groups is 1. The number of hydrogen-bond donors (Lipinski definition) is 2. The van der Waals surface area contributed by atoms with Crippen LogP contribution in [0.2, 0.25) is 0 Å². The molecule has 0 radical (unpaired) electrons. The molecule has 0 aromatic heterocycles. The molecule has 2 heterocycles. The zero-order valence-corrected chi connectivity index (χ0v) is 18.3. The fourth-order valence-corrected chi connectivity index (χ4v) is 4.34. The normalized spacial score (nSPS) is 19.7. The van der Waals surface area contributed by atoms with E-state index < -0.39 is 0 Å². The van der Waals surface area contributed by atoms with Crippen molar-refractivity contribution in [2.75, 3.05) is 54.0 Å². The zero-order chi connectivity index (χ0) is 21.0. The molecular weight excluding hydrogens is 412 g/mol. The number of hydrogen-bond acceptors (Lipinski definition) is 7. The molecule has 156 valence electrons. The zero-order valence-electron chi connectivity index (χ0n) is 16.7. The number of ether oxygens (including phenoxy) is 2. The Kier molecular flexibility index (Phi) is 7.12. The van der Waals surface area contributed by atoms with Crippen LogP contribution >= 0.6 is 24.0 Å². The third kappa shape index (κ3) is 5.27. The predicted molar refractivity (Wildman–Crippen MR) is 116 cm³/mol. The van der Waals surface area contributed by atoms with E-state index in [0.29, 0.717) is 20.7 Å². The number of thioether (sulfide) groups is 1. The SMILES string of the molecule is COc1ccc(/C=C2/SC(=S)N(CC(=O)NN3CC[NH+](C)CC3)C2=O)cc1OC.